The van der Waals surface area contributed by atoms with Crippen LogP contribution in [0.25, 0.3) is 11.0 Å². The van der Waals surface area contributed by atoms with Crippen LogP contribution in [0.4, 0.5) is 5.95 Å². The number of carbonyl (C=O) groups excluding carboxylic acids is 1. The molecule has 1 aliphatic carbocycles. The van der Waals surface area contributed by atoms with Crippen molar-refractivity contribution in [2.24, 2.45) is 0 Å². The van der Waals surface area contributed by atoms with Gasteiger partial charge in [-0.15, -0.1) is 0 Å². The molecule has 5 rings (SSSR count). The quantitative estimate of drug-likeness (QED) is 0.736. The van der Waals surface area contributed by atoms with Crippen molar-refractivity contribution in [3.05, 3.63) is 71.4 Å². The lowest BCUT2D eigenvalue weighted by Crippen LogP contribution is -2.30. The molecule has 2 aliphatic rings. The van der Waals surface area contributed by atoms with Crippen molar-refractivity contribution in [3.63, 3.8) is 0 Å². The van der Waals surface area contributed by atoms with Gasteiger partial charge < -0.3 is 5.32 Å². The fourth-order valence-corrected chi connectivity index (χ4v) is 3.92. The van der Waals surface area contributed by atoms with E-state index in [0.717, 1.165) is 46.7 Å². The number of rotatable bonds is 1. The van der Waals surface area contributed by atoms with E-state index in [2.05, 4.69) is 28.1 Å². The van der Waals surface area contributed by atoms with E-state index < -0.39 is 0 Å². The lowest BCUT2D eigenvalue weighted by Gasteiger charge is -2.33. The number of hydrogen-bond donors (Lipinski definition) is 1. The predicted molar refractivity (Wildman–Crippen MR) is 93.8 cm³/mol. The zero-order valence-electron chi connectivity index (χ0n) is 13.2. The van der Waals surface area contributed by atoms with Gasteiger partial charge in [0.05, 0.1) is 17.1 Å². The van der Waals surface area contributed by atoms with Crippen molar-refractivity contribution in [3.8, 4) is 0 Å². The maximum Gasteiger partial charge on any atom is 0.209 e. The molecule has 0 unspecified atom stereocenters. The Hall–Kier alpha value is -2.88. The normalized spacial score (nSPS) is 19.8. The number of benzene rings is 2. The molecule has 2 heterocycles. The van der Waals surface area contributed by atoms with Crippen LogP contribution in [0, 0.1) is 0 Å². The first-order chi connectivity index (χ1) is 11.8. The van der Waals surface area contributed by atoms with Crippen LogP contribution in [-0.2, 0) is 4.79 Å². The van der Waals surface area contributed by atoms with Gasteiger partial charge in [-0.3, -0.25) is 9.36 Å². The number of carbonyl (C=O) groups is 1. The van der Waals surface area contributed by atoms with Crippen molar-refractivity contribution in [1.29, 1.82) is 0 Å². The Balaban J connectivity index is 1.83. The van der Waals surface area contributed by atoms with Gasteiger partial charge in [-0.1, -0.05) is 42.5 Å². The molecule has 118 valence electrons. The maximum atomic E-state index is 12.7. The van der Waals surface area contributed by atoms with Crippen LogP contribution in [0.2, 0.25) is 0 Å². The number of imidazole rings is 1. The third kappa shape index (κ3) is 1.86. The molecule has 0 radical (unpaired) electrons. The first-order valence-corrected chi connectivity index (χ1v) is 8.38. The standard InChI is InChI=1S/C20H17N3O/c24-17-12-6-10-15-18(17)19(13-7-2-1-3-8-13)23-16-11-5-4-9-14(16)21-20(23)22-15/h1-5,7-9,11,19H,6,10,12H2,(H,21,22)/t19-/m0/s1. The topological polar surface area (TPSA) is 46.9 Å². The van der Waals surface area contributed by atoms with Crippen molar-refractivity contribution < 1.29 is 4.79 Å². The molecule has 24 heavy (non-hydrogen) atoms. The number of para-hydroxylation sites is 2. The SMILES string of the molecule is O=C1CCCC2=C1[C@H](c1ccccc1)n1c(nc3ccccc31)N2. The molecule has 4 heteroatoms. The van der Waals surface area contributed by atoms with E-state index in [-0.39, 0.29) is 11.8 Å². The average Bonchev–Trinajstić information content (AvgIpc) is 2.99. The summed E-state index contributed by atoms with van der Waals surface area (Å²) < 4.78 is 2.17. The second kappa shape index (κ2) is 5.06. The first kappa shape index (κ1) is 13.5. The van der Waals surface area contributed by atoms with Gasteiger partial charge in [0.15, 0.2) is 5.78 Å². The number of hydrogen-bond acceptors (Lipinski definition) is 3. The van der Waals surface area contributed by atoms with Gasteiger partial charge in [-0.2, -0.15) is 0 Å². The molecule has 0 spiro atoms. The summed E-state index contributed by atoms with van der Waals surface area (Å²) in [6.45, 7) is 0. The van der Waals surface area contributed by atoms with Gasteiger partial charge in [0.1, 0.15) is 0 Å². The highest BCUT2D eigenvalue weighted by Gasteiger charge is 2.36. The summed E-state index contributed by atoms with van der Waals surface area (Å²) in [5.74, 6) is 1.08. The van der Waals surface area contributed by atoms with Crippen LogP contribution in [0.3, 0.4) is 0 Å². The van der Waals surface area contributed by atoms with E-state index in [1.807, 2.05) is 36.4 Å². The number of anilines is 1. The summed E-state index contributed by atoms with van der Waals surface area (Å²) in [5, 5.41) is 3.43. The van der Waals surface area contributed by atoms with Gasteiger partial charge in [-0.05, 0) is 30.5 Å². The zero-order chi connectivity index (χ0) is 16.1. The lowest BCUT2D eigenvalue weighted by atomic mass is 9.85. The van der Waals surface area contributed by atoms with Gasteiger partial charge in [-0.25, -0.2) is 4.98 Å². The van der Waals surface area contributed by atoms with Crippen LogP contribution in [0.15, 0.2) is 65.9 Å². The fourth-order valence-electron chi connectivity index (χ4n) is 3.92. The molecule has 0 saturated carbocycles. The number of allylic oxidation sites excluding steroid dienone is 2. The highest BCUT2D eigenvalue weighted by Crippen LogP contribution is 2.42. The Morgan fingerprint density at radius 2 is 1.79 bits per heavy atom. The number of ketones is 1. The van der Waals surface area contributed by atoms with Gasteiger partial charge in [0, 0.05) is 17.7 Å². The predicted octanol–water partition coefficient (Wildman–Crippen LogP) is 4.06. The van der Waals surface area contributed by atoms with Crippen LogP contribution in [0.1, 0.15) is 30.9 Å². The Bertz CT molecular complexity index is 985. The average molecular weight is 315 g/mol. The Morgan fingerprint density at radius 3 is 2.67 bits per heavy atom. The summed E-state index contributed by atoms with van der Waals surface area (Å²) in [6.07, 6.45) is 2.45. The van der Waals surface area contributed by atoms with E-state index in [9.17, 15) is 4.79 Å². The molecule has 0 bridgehead atoms. The minimum Gasteiger partial charge on any atom is -0.329 e. The second-order valence-electron chi connectivity index (χ2n) is 6.40. The van der Waals surface area contributed by atoms with Crippen LogP contribution in [0.5, 0.6) is 0 Å². The largest absolute Gasteiger partial charge is 0.329 e. The smallest absolute Gasteiger partial charge is 0.209 e. The highest BCUT2D eigenvalue weighted by molar-refractivity contribution is 6.00. The molecule has 3 aromatic rings. The van der Waals surface area contributed by atoms with E-state index in [1.165, 1.54) is 0 Å². The number of Topliss-reactive ketones (excluding diaryl/α,β-unsaturated/α-hetero) is 1. The van der Waals surface area contributed by atoms with Crippen molar-refractivity contribution >= 4 is 22.8 Å². The third-order valence-corrected chi connectivity index (χ3v) is 4.96. The van der Waals surface area contributed by atoms with E-state index in [1.54, 1.807) is 0 Å². The van der Waals surface area contributed by atoms with Crippen molar-refractivity contribution in [2.75, 3.05) is 5.32 Å². The summed E-state index contributed by atoms with van der Waals surface area (Å²) in [5.41, 5.74) is 5.09. The number of nitrogens with zero attached hydrogens (tertiary/aromatic N) is 2. The van der Waals surface area contributed by atoms with Crippen LogP contribution < -0.4 is 5.32 Å². The second-order valence-corrected chi connectivity index (χ2v) is 6.40. The van der Waals surface area contributed by atoms with Crippen molar-refractivity contribution in [1.82, 2.24) is 9.55 Å². The summed E-state index contributed by atoms with van der Waals surface area (Å²) in [4.78, 5) is 17.5. The molecule has 0 saturated heterocycles. The highest BCUT2D eigenvalue weighted by atomic mass is 16.1. The molecule has 1 aromatic heterocycles. The molecule has 2 aromatic carbocycles. The fraction of sp³-hybridized carbons (Fsp3) is 0.200. The monoisotopic (exact) mass is 315 g/mol. The van der Waals surface area contributed by atoms with E-state index in [0.29, 0.717) is 6.42 Å². The zero-order valence-corrected chi connectivity index (χ0v) is 13.2. The summed E-state index contributed by atoms with van der Waals surface area (Å²) in [7, 11) is 0. The summed E-state index contributed by atoms with van der Waals surface area (Å²) in [6, 6.07) is 18.3. The Morgan fingerprint density at radius 1 is 1.00 bits per heavy atom. The number of fused-ring (bicyclic) bond motifs is 3. The molecular weight excluding hydrogens is 298 g/mol. The number of aromatic nitrogens is 2. The molecular formula is C20H17N3O. The van der Waals surface area contributed by atoms with Crippen LogP contribution >= 0.6 is 0 Å². The molecule has 1 N–H and O–H groups in total. The third-order valence-electron chi connectivity index (χ3n) is 4.96. The Labute approximate surface area is 139 Å². The molecule has 0 fully saturated rings. The molecule has 0 amide bonds. The van der Waals surface area contributed by atoms with E-state index >= 15 is 0 Å². The Kier molecular flexibility index (Phi) is 2.86. The molecule has 1 aliphatic heterocycles. The maximum absolute atomic E-state index is 12.7. The lowest BCUT2D eigenvalue weighted by molar-refractivity contribution is -0.116. The van der Waals surface area contributed by atoms with Crippen LogP contribution in [-0.4, -0.2) is 15.3 Å². The minimum absolute atomic E-state index is 0.0994. The summed E-state index contributed by atoms with van der Waals surface area (Å²) >= 11 is 0. The molecule has 4 nitrogen and oxygen atoms in total. The van der Waals surface area contributed by atoms with Gasteiger partial charge in [0.25, 0.3) is 0 Å². The van der Waals surface area contributed by atoms with Crippen molar-refractivity contribution in [2.45, 2.75) is 25.3 Å². The van der Waals surface area contributed by atoms with Gasteiger partial charge >= 0.3 is 0 Å². The first-order valence-electron chi connectivity index (χ1n) is 8.38. The van der Waals surface area contributed by atoms with Gasteiger partial charge in [0.2, 0.25) is 5.95 Å². The molecule has 1 atom stereocenters. The van der Waals surface area contributed by atoms with E-state index in [4.69, 9.17) is 4.98 Å². The number of nitrogens with one attached hydrogen (secondary N) is 1. The minimum atomic E-state index is -0.0994.